The summed E-state index contributed by atoms with van der Waals surface area (Å²) in [4.78, 5) is 25.7. The summed E-state index contributed by atoms with van der Waals surface area (Å²) in [6, 6.07) is 7.70. The van der Waals surface area contributed by atoms with Crippen molar-refractivity contribution in [2.45, 2.75) is 13.3 Å². The molecule has 0 unspecified atom stereocenters. The van der Waals surface area contributed by atoms with E-state index in [4.69, 9.17) is 14.2 Å². The summed E-state index contributed by atoms with van der Waals surface area (Å²) in [6.45, 7) is 2.22. The number of nitrogens with zero attached hydrogens (tertiary/aromatic N) is 1. The third-order valence-electron chi connectivity index (χ3n) is 3.46. The van der Waals surface area contributed by atoms with Gasteiger partial charge in [-0.05, 0) is 24.1 Å². The molecule has 0 amide bonds. The molecule has 0 bridgehead atoms. The lowest BCUT2D eigenvalue weighted by Gasteiger charge is -2.31. The quantitative estimate of drug-likeness (QED) is 0.788. The van der Waals surface area contributed by atoms with Gasteiger partial charge in [0, 0.05) is 5.69 Å². The van der Waals surface area contributed by atoms with E-state index in [2.05, 4.69) is 0 Å². The highest BCUT2D eigenvalue weighted by atomic mass is 16.5. The third kappa shape index (κ3) is 3.12. The van der Waals surface area contributed by atoms with Crippen LogP contribution in [-0.4, -0.2) is 39.5 Å². The first-order valence-electron chi connectivity index (χ1n) is 6.96. The number of hydrogen-bond donors (Lipinski definition) is 0. The Labute approximate surface area is 129 Å². The van der Waals surface area contributed by atoms with Gasteiger partial charge < -0.3 is 19.1 Å². The molecule has 0 saturated carbocycles. The molecule has 1 aliphatic rings. The number of carbonyl (C=O) groups excluding carboxylic acids is 2. The predicted molar refractivity (Wildman–Crippen MR) is 80.2 cm³/mol. The van der Waals surface area contributed by atoms with Crippen molar-refractivity contribution in [2.24, 2.45) is 0 Å². The fourth-order valence-corrected chi connectivity index (χ4v) is 2.29. The molecule has 0 spiro atoms. The van der Waals surface area contributed by atoms with Gasteiger partial charge in [0.05, 0.1) is 26.4 Å². The van der Waals surface area contributed by atoms with Crippen LogP contribution in [0.3, 0.4) is 0 Å². The molecule has 1 heterocycles. The van der Waals surface area contributed by atoms with Crippen LogP contribution in [-0.2, 0) is 30.2 Å². The molecule has 1 aromatic rings. The maximum atomic E-state index is 12.2. The van der Waals surface area contributed by atoms with Crippen molar-refractivity contribution in [1.29, 1.82) is 0 Å². The van der Waals surface area contributed by atoms with Crippen molar-refractivity contribution in [3.8, 4) is 0 Å². The molecule has 1 aliphatic heterocycles. The minimum Gasteiger partial charge on any atom is -0.466 e. The summed E-state index contributed by atoms with van der Waals surface area (Å²) in [7, 11) is 2.54. The van der Waals surface area contributed by atoms with E-state index in [1.165, 1.54) is 14.2 Å². The average molecular weight is 305 g/mol. The Morgan fingerprint density at radius 1 is 1.23 bits per heavy atom. The Morgan fingerprint density at radius 3 is 2.59 bits per heavy atom. The van der Waals surface area contributed by atoms with Crippen LogP contribution >= 0.6 is 0 Å². The topological polar surface area (TPSA) is 65.1 Å². The van der Waals surface area contributed by atoms with Crippen LogP contribution in [0.4, 0.5) is 5.69 Å². The first-order chi connectivity index (χ1) is 10.6. The van der Waals surface area contributed by atoms with E-state index in [0.29, 0.717) is 0 Å². The Balaban J connectivity index is 2.52. The van der Waals surface area contributed by atoms with Crippen LogP contribution in [0.25, 0.3) is 0 Å². The molecule has 0 aromatic heterocycles. The van der Waals surface area contributed by atoms with Crippen LogP contribution in [0.2, 0.25) is 0 Å². The Kier molecular flexibility index (Phi) is 5.16. The van der Waals surface area contributed by atoms with Crippen LogP contribution in [0.1, 0.15) is 12.5 Å². The number of esters is 2. The second-order valence-corrected chi connectivity index (χ2v) is 4.74. The molecule has 0 fully saturated rings. The van der Waals surface area contributed by atoms with Crippen molar-refractivity contribution >= 4 is 17.6 Å². The molecule has 6 nitrogen and oxygen atoms in total. The zero-order valence-corrected chi connectivity index (χ0v) is 12.9. The fourth-order valence-electron chi connectivity index (χ4n) is 2.29. The Morgan fingerprint density at radius 2 is 1.95 bits per heavy atom. The molecule has 6 heteroatoms. The van der Waals surface area contributed by atoms with Crippen LogP contribution in [0, 0.1) is 0 Å². The third-order valence-corrected chi connectivity index (χ3v) is 3.46. The number of anilines is 1. The molecule has 0 saturated heterocycles. The van der Waals surface area contributed by atoms with Crippen molar-refractivity contribution in [3.05, 3.63) is 41.1 Å². The highest BCUT2D eigenvalue weighted by Crippen LogP contribution is 2.27. The van der Waals surface area contributed by atoms with E-state index in [-0.39, 0.29) is 24.6 Å². The fraction of sp³-hybridized carbons (Fsp3) is 0.375. The van der Waals surface area contributed by atoms with E-state index < -0.39 is 11.9 Å². The van der Waals surface area contributed by atoms with Gasteiger partial charge in [-0.25, -0.2) is 9.59 Å². The number of benzene rings is 1. The molecular weight excluding hydrogens is 286 g/mol. The van der Waals surface area contributed by atoms with E-state index >= 15 is 0 Å². The zero-order valence-electron chi connectivity index (χ0n) is 12.9. The van der Waals surface area contributed by atoms with Gasteiger partial charge in [0.2, 0.25) is 0 Å². The number of carbonyl (C=O) groups is 2. The molecule has 1 aromatic carbocycles. The van der Waals surface area contributed by atoms with Crippen molar-refractivity contribution < 1.29 is 23.8 Å². The smallest absolute Gasteiger partial charge is 0.355 e. The SMILES string of the molecule is CCc1cccc(N2COCC(C(=O)OC)=C2C(=O)OC)c1. The summed E-state index contributed by atoms with van der Waals surface area (Å²) < 4.78 is 15.0. The van der Waals surface area contributed by atoms with Crippen molar-refractivity contribution in [3.63, 3.8) is 0 Å². The molecule has 118 valence electrons. The minimum absolute atomic E-state index is 0.0150. The lowest BCUT2D eigenvalue weighted by Crippen LogP contribution is -2.38. The first-order valence-corrected chi connectivity index (χ1v) is 6.96. The van der Waals surface area contributed by atoms with E-state index in [0.717, 1.165) is 17.7 Å². The van der Waals surface area contributed by atoms with Crippen LogP contribution in [0.5, 0.6) is 0 Å². The second kappa shape index (κ2) is 7.09. The minimum atomic E-state index is -0.600. The number of methoxy groups -OCH3 is 2. The molecule has 0 N–H and O–H groups in total. The molecule has 0 atom stereocenters. The van der Waals surface area contributed by atoms with Gasteiger partial charge in [0.1, 0.15) is 12.4 Å². The maximum absolute atomic E-state index is 12.2. The van der Waals surface area contributed by atoms with Crippen LogP contribution in [0.15, 0.2) is 35.5 Å². The first kappa shape index (κ1) is 16.0. The molecule has 2 rings (SSSR count). The van der Waals surface area contributed by atoms with Crippen molar-refractivity contribution in [2.75, 3.05) is 32.5 Å². The number of ether oxygens (including phenoxy) is 3. The van der Waals surface area contributed by atoms with Crippen molar-refractivity contribution in [1.82, 2.24) is 0 Å². The van der Waals surface area contributed by atoms with Gasteiger partial charge >= 0.3 is 11.9 Å². The van der Waals surface area contributed by atoms with Gasteiger partial charge in [-0.3, -0.25) is 0 Å². The van der Waals surface area contributed by atoms with E-state index in [1.54, 1.807) is 4.90 Å². The highest BCUT2D eigenvalue weighted by Gasteiger charge is 2.32. The van der Waals surface area contributed by atoms with Gasteiger partial charge in [0.25, 0.3) is 0 Å². The molecule has 22 heavy (non-hydrogen) atoms. The molecule has 0 aliphatic carbocycles. The van der Waals surface area contributed by atoms with Gasteiger partial charge in [-0.2, -0.15) is 0 Å². The second-order valence-electron chi connectivity index (χ2n) is 4.74. The molecule has 0 radical (unpaired) electrons. The van der Waals surface area contributed by atoms with Gasteiger partial charge in [-0.15, -0.1) is 0 Å². The zero-order chi connectivity index (χ0) is 16.1. The largest absolute Gasteiger partial charge is 0.466 e. The van der Waals surface area contributed by atoms with Crippen LogP contribution < -0.4 is 4.90 Å². The monoisotopic (exact) mass is 305 g/mol. The number of aryl methyl sites for hydroxylation is 1. The Bertz CT molecular complexity index is 608. The Hall–Kier alpha value is -2.34. The normalized spacial score (nSPS) is 14.8. The lowest BCUT2D eigenvalue weighted by molar-refractivity contribution is -0.140. The summed E-state index contributed by atoms with van der Waals surface area (Å²) >= 11 is 0. The maximum Gasteiger partial charge on any atom is 0.355 e. The summed E-state index contributed by atoms with van der Waals surface area (Å²) in [5.74, 6) is -1.19. The summed E-state index contributed by atoms with van der Waals surface area (Å²) in [5, 5.41) is 0. The molecular formula is C16H19NO5. The van der Waals surface area contributed by atoms with E-state index in [1.807, 2.05) is 31.2 Å². The highest BCUT2D eigenvalue weighted by molar-refractivity contribution is 6.03. The number of rotatable bonds is 4. The van der Waals surface area contributed by atoms with Gasteiger partial charge in [-0.1, -0.05) is 19.1 Å². The summed E-state index contributed by atoms with van der Waals surface area (Å²) in [5.41, 5.74) is 2.20. The lowest BCUT2D eigenvalue weighted by atomic mass is 10.1. The summed E-state index contributed by atoms with van der Waals surface area (Å²) in [6.07, 6.45) is 0.865. The predicted octanol–water partition coefficient (Wildman–Crippen LogP) is 1.64. The average Bonchev–Trinajstić information content (AvgIpc) is 2.59. The number of hydrogen-bond acceptors (Lipinski definition) is 6. The van der Waals surface area contributed by atoms with E-state index in [9.17, 15) is 9.59 Å². The standard InChI is InChI=1S/C16H19NO5/c1-4-11-6-5-7-12(8-11)17-10-22-9-13(15(18)20-2)14(17)16(19)21-3/h5-8H,4,9-10H2,1-3H3. The van der Waals surface area contributed by atoms with Gasteiger partial charge in [0.15, 0.2) is 0 Å².